The number of aromatic nitrogens is 1. The normalized spacial score (nSPS) is 16.6. The largest absolute Gasteiger partial charge is 0.465 e. The Morgan fingerprint density at radius 2 is 1.53 bits per heavy atom. The van der Waals surface area contributed by atoms with E-state index in [1.165, 1.54) is 0 Å². The van der Waals surface area contributed by atoms with Crippen LogP contribution in [0.4, 0.5) is 50.0 Å². The third kappa shape index (κ3) is 6.13. The Morgan fingerprint density at radius 1 is 0.974 bits per heavy atom. The standard InChI is InChI=1S/C23H20F9N3O3/c1-11-16(23(30,31)32)9-18-19(33-11)17(4-3-5-34(18)20(37)38)35(12(2)36)10-13-6-14(21(24,25)26)8-15(7-13)22(27,28)29/h6-9,17H,3-5,10H2,1-2H3,(H,37,38). The minimum Gasteiger partial charge on any atom is -0.465 e. The van der Waals surface area contributed by atoms with Gasteiger partial charge in [0.25, 0.3) is 0 Å². The zero-order chi connectivity index (χ0) is 28.8. The highest BCUT2D eigenvalue weighted by Crippen LogP contribution is 2.42. The van der Waals surface area contributed by atoms with Gasteiger partial charge in [-0.1, -0.05) is 0 Å². The van der Waals surface area contributed by atoms with Gasteiger partial charge < -0.3 is 10.0 Å². The number of nitrogens with zero attached hydrogens (tertiary/aromatic N) is 3. The first-order valence-corrected chi connectivity index (χ1v) is 11.0. The minimum atomic E-state index is -5.14. The fraction of sp³-hybridized carbons (Fsp3) is 0.435. The molecule has 0 spiro atoms. The lowest BCUT2D eigenvalue weighted by atomic mass is 10.00. The zero-order valence-corrected chi connectivity index (χ0v) is 19.7. The molecule has 0 aliphatic carbocycles. The number of alkyl halides is 9. The first kappa shape index (κ1) is 29.0. The topological polar surface area (TPSA) is 73.7 Å². The summed E-state index contributed by atoms with van der Waals surface area (Å²) in [6.07, 6.45) is -16.8. The lowest BCUT2D eigenvalue weighted by Gasteiger charge is -2.32. The van der Waals surface area contributed by atoms with E-state index < -0.39 is 76.8 Å². The summed E-state index contributed by atoms with van der Waals surface area (Å²) in [4.78, 5) is 29.8. The van der Waals surface area contributed by atoms with Crippen molar-refractivity contribution in [3.05, 3.63) is 57.9 Å². The smallest absolute Gasteiger partial charge is 0.418 e. The van der Waals surface area contributed by atoms with Crippen LogP contribution in [0.2, 0.25) is 0 Å². The first-order chi connectivity index (χ1) is 17.3. The number of halogens is 9. The maximum absolute atomic E-state index is 13.5. The molecule has 15 heteroatoms. The number of anilines is 1. The molecule has 1 aliphatic heterocycles. The molecule has 3 rings (SSSR count). The number of hydrogen-bond acceptors (Lipinski definition) is 3. The van der Waals surface area contributed by atoms with Crippen molar-refractivity contribution < 1.29 is 54.2 Å². The number of benzene rings is 1. The number of rotatable bonds is 3. The molecule has 0 saturated carbocycles. The predicted octanol–water partition coefficient (Wildman–Crippen LogP) is 6.81. The van der Waals surface area contributed by atoms with Gasteiger partial charge in [-0.05, 0) is 49.6 Å². The van der Waals surface area contributed by atoms with E-state index in [0.29, 0.717) is 23.1 Å². The van der Waals surface area contributed by atoms with E-state index in [4.69, 9.17) is 0 Å². The minimum absolute atomic E-state index is 0.00783. The zero-order valence-electron chi connectivity index (χ0n) is 19.7. The Bertz CT molecular complexity index is 1210. The van der Waals surface area contributed by atoms with Crippen molar-refractivity contribution >= 4 is 17.7 Å². The van der Waals surface area contributed by atoms with Crippen LogP contribution in [0.3, 0.4) is 0 Å². The highest BCUT2D eigenvalue weighted by Gasteiger charge is 2.40. The van der Waals surface area contributed by atoms with Gasteiger partial charge in [-0.15, -0.1) is 0 Å². The van der Waals surface area contributed by atoms with E-state index in [1.54, 1.807) is 0 Å². The molecule has 2 heterocycles. The molecule has 208 valence electrons. The van der Waals surface area contributed by atoms with Gasteiger partial charge in [0.2, 0.25) is 5.91 Å². The van der Waals surface area contributed by atoms with Crippen molar-refractivity contribution in [1.82, 2.24) is 9.88 Å². The molecule has 1 aromatic carbocycles. The van der Waals surface area contributed by atoms with Gasteiger partial charge in [0.15, 0.2) is 0 Å². The summed E-state index contributed by atoms with van der Waals surface area (Å²) >= 11 is 0. The van der Waals surface area contributed by atoms with Crippen molar-refractivity contribution in [3.63, 3.8) is 0 Å². The van der Waals surface area contributed by atoms with Crippen molar-refractivity contribution in [3.8, 4) is 0 Å². The summed E-state index contributed by atoms with van der Waals surface area (Å²) in [5, 5.41) is 9.58. The number of amides is 2. The summed E-state index contributed by atoms with van der Waals surface area (Å²) in [5.41, 5.74) is -6.27. The Labute approximate surface area is 209 Å². The van der Waals surface area contributed by atoms with E-state index in [2.05, 4.69) is 4.98 Å². The van der Waals surface area contributed by atoms with Crippen molar-refractivity contribution in [2.24, 2.45) is 0 Å². The van der Waals surface area contributed by atoms with Gasteiger partial charge in [0, 0.05) is 20.0 Å². The molecular formula is C23H20F9N3O3. The third-order valence-electron chi connectivity index (χ3n) is 6.00. The Kier molecular flexibility index (Phi) is 7.63. The van der Waals surface area contributed by atoms with Crippen molar-refractivity contribution in [1.29, 1.82) is 0 Å². The number of hydrogen-bond donors (Lipinski definition) is 1. The first-order valence-electron chi connectivity index (χ1n) is 11.0. The molecule has 0 saturated heterocycles. The van der Waals surface area contributed by atoms with Crippen LogP contribution in [0.15, 0.2) is 24.3 Å². The Balaban J connectivity index is 2.18. The van der Waals surface area contributed by atoms with Crippen LogP contribution in [0.5, 0.6) is 0 Å². The molecule has 2 aromatic rings. The van der Waals surface area contributed by atoms with E-state index in [0.717, 1.165) is 18.7 Å². The van der Waals surface area contributed by atoms with Crippen LogP contribution in [-0.2, 0) is 29.9 Å². The third-order valence-corrected chi connectivity index (χ3v) is 6.00. The highest BCUT2D eigenvalue weighted by molar-refractivity contribution is 5.87. The van der Waals surface area contributed by atoms with Gasteiger partial charge in [0.05, 0.1) is 39.8 Å². The van der Waals surface area contributed by atoms with Crippen molar-refractivity contribution in [2.45, 2.75) is 57.8 Å². The van der Waals surface area contributed by atoms with Crippen LogP contribution >= 0.6 is 0 Å². The molecule has 6 nitrogen and oxygen atoms in total. The summed E-state index contributed by atoms with van der Waals surface area (Å²) < 4.78 is 121. The van der Waals surface area contributed by atoms with Gasteiger partial charge in [-0.3, -0.25) is 14.7 Å². The maximum atomic E-state index is 13.5. The lowest BCUT2D eigenvalue weighted by molar-refractivity contribution is -0.143. The quantitative estimate of drug-likeness (QED) is 0.421. The fourth-order valence-corrected chi connectivity index (χ4v) is 4.31. The van der Waals surface area contributed by atoms with Gasteiger partial charge in [-0.25, -0.2) is 4.79 Å². The number of aryl methyl sites for hydroxylation is 1. The predicted molar refractivity (Wildman–Crippen MR) is 114 cm³/mol. The maximum Gasteiger partial charge on any atom is 0.418 e. The fourth-order valence-electron chi connectivity index (χ4n) is 4.31. The van der Waals surface area contributed by atoms with Crippen LogP contribution in [0, 0.1) is 6.92 Å². The van der Waals surface area contributed by atoms with E-state index in [1.807, 2.05) is 0 Å². The highest BCUT2D eigenvalue weighted by atomic mass is 19.4. The number of carbonyl (C=O) groups is 2. The molecule has 1 aromatic heterocycles. The molecule has 1 N–H and O–H groups in total. The second-order valence-electron chi connectivity index (χ2n) is 8.68. The summed E-state index contributed by atoms with van der Waals surface area (Å²) in [7, 11) is 0. The van der Waals surface area contributed by atoms with E-state index >= 15 is 0 Å². The van der Waals surface area contributed by atoms with Gasteiger partial charge >= 0.3 is 24.6 Å². The molecule has 1 atom stereocenters. The molecule has 2 amide bonds. The van der Waals surface area contributed by atoms with Crippen LogP contribution in [-0.4, -0.2) is 33.5 Å². The van der Waals surface area contributed by atoms with Crippen LogP contribution in [0.25, 0.3) is 0 Å². The van der Waals surface area contributed by atoms with E-state index in [-0.39, 0.29) is 31.1 Å². The molecule has 0 bridgehead atoms. The molecule has 38 heavy (non-hydrogen) atoms. The van der Waals surface area contributed by atoms with Crippen molar-refractivity contribution in [2.75, 3.05) is 11.4 Å². The SMILES string of the molecule is CC(=O)N(Cc1cc(C(F)(F)F)cc(C(F)(F)F)c1)C1CCCN(C(=O)O)c2cc(C(F)(F)F)c(C)nc21. The van der Waals surface area contributed by atoms with Gasteiger partial charge in [0.1, 0.15) is 0 Å². The summed E-state index contributed by atoms with van der Waals surface area (Å²) in [6.45, 7) is 0.932. The molecule has 0 radical (unpaired) electrons. The second kappa shape index (κ2) is 9.98. The average molecular weight is 557 g/mol. The number of carbonyl (C=O) groups excluding carboxylic acids is 1. The van der Waals surface area contributed by atoms with Crippen LogP contribution < -0.4 is 4.90 Å². The number of carboxylic acid groups (broad SMARTS) is 1. The van der Waals surface area contributed by atoms with E-state index in [9.17, 15) is 54.2 Å². The monoisotopic (exact) mass is 557 g/mol. The van der Waals surface area contributed by atoms with Gasteiger partial charge in [-0.2, -0.15) is 39.5 Å². The Hall–Kier alpha value is -3.52. The molecule has 0 fully saturated rings. The number of fused-ring (bicyclic) bond motifs is 1. The average Bonchev–Trinajstić information content (AvgIpc) is 2.94. The summed E-state index contributed by atoms with van der Waals surface area (Å²) in [5.74, 6) is -0.824. The molecule has 1 unspecified atom stereocenters. The Morgan fingerprint density at radius 3 is 1.97 bits per heavy atom. The molecule has 1 aliphatic rings. The lowest BCUT2D eigenvalue weighted by Crippen LogP contribution is -2.34. The molecular weight excluding hydrogens is 537 g/mol. The summed E-state index contributed by atoms with van der Waals surface area (Å²) in [6, 6.07) is 0.137. The second-order valence-corrected chi connectivity index (χ2v) is 8.68. The number of pyridine rings is 1. The van der Waals surface area contributed by atoms with Crippen LogP contribution in [0.1, 0.15) is 59.4 Å².